The van der Waals surface area contributed by atoms with Gasteiger partial charge in [-0.1, -0.05) is 11.6 Å². The van der Waals surface area contributed by atoms with Gasteiger partial charge in [-0.05, 0) is 19.9 Å². The summed E-state index contributed by atoms with van der Waals surface area (Å²) in [5, 5.41) is 0.378. The summed E-state index contributed by atoms with van der Waals surface area (Å²) in [6.07, 6.45) is 1.68. The predicted molar refractivity (Wildman–Crippen MR) is 73.3 cm³/mol. The number of fused-ring (bicyclic) bond motifs is 1. The summed E-state index contributed by atoms with van der Waals surface area (Å²) >= 11 is 12.1. The van der Waals surface area contributed by atoms with Crippen molar-refractivity contribution < 1.29 is 4.74 Å². The summed E-state index contributed by atoms with van der Waals surface area (Å²) in [4.78, 5) is 8.81. The quantitative estimate of drug-likeness (QED) is 0.809. The number of rotatable bonds is 4. The zero-order chi connectivity index (χ0) is 13.3. The van der Waals surface area contributed by atoms with Crippen LogP contribution < -0.4 is 0 Å². The van der Waals surface area contributed by atoms with Crippen LogP contribution in [-0.2, 0) is 11.3 Å². The number of ether oxygens (including phenoxy) is 1. The Morgan fingerprint density at radius 3 is 2.78 bits per heavy atom. The Morgan fingerprint density at radius 2 is 2.17 bits per heavy atom. The van der Waals surface area contributed by atoms with Crippen molar-refractivity contribution >= 4 is 34.4 Å². The van der Waals surface area contributed by atoms with E-state index >= 15 is 0 Å². The maximum Gasteiger partial charge on any atom is 0.160 e. The molecule has 0 radical (unpaired) electrons. The highest BCUT2D eigenvalue weighted by Crippen LogP contribution is 2.25. The van der Waals surface area contributed by atoms with Crippen LogP contribution in [0.5, 0.6) is 0 Å². The van der Waals surface area contributed by atoms with E-state index in [-0.39, 0.29) is 11.5 Å². The normalized spacial score (nSPS) is 14.9. The highest BCUT2D eigenvalue weighted by Gasteiger charge is 2.17. The van der Waals surface area contributed by atoms with Crippen molar-refractivity contribution in [2.24, 2.45) is 0 Å². The molecule has 0 saturated heterocycles. The lowest BCUT2D eigenvalue weighted by molar-refractivity contribution is 0.103. The molecule has 2 aromatic rings. The molecule has 2 unspecified atom stereocenters. The van der Waals surface area contributed by atoms with Gasteiger partial charge < -0.3 is 9.30 Å². The lowest BCUT2D eigenvalue weighted by Gasteiger charge is -2.14. The SMILES string of the molecule is COC(C)Cn1c(C(C)Cl)nc2cc(Cl)cnc21. The molecule has 98 valence electrons. The van der Waals surface area contributed by atoms with Crippen LogP contribution in [0, 0.1) is 0 Å². The fourth-order valence-corrected chi connectivity index (χ4v) is 2.14. The monoisotopic (exact) mass is 287 g/mol. The van der Waals surface area contributed by atoms with Crippen LogP contribution in [0.1, 0.15) is 25.0 Å². The van der Waals surface area contributed by atoms with E-state index in [9.17, 15) is 0 Å². The number of pyridine rings is 1. The highest BCUT2D eigenvalue weighted by molar-refractivity contribution is 6.31. The molecule has 2 rings (SSSR count). The molecule has 4 nitrogen and oxygen atoms in total. The van der Waals surface area contributed by atoms with Crippen LogP contribution >= 0.6 is 23.2 Å². The number of nitrogens with zero attached hydrogens (tertiary/aromatic N) is 3. The first kappa shape index (κ1) is 13.6. The number of aromatic nitrogens is 3. The van der Waals surface area contributed by atoms with Gasteiger partial charge in [-0.3, -0.25) is 0 Å². The fraction of sp³-hybridized carbons (Fsp3) is 0.500. The molecule has 0 aliphatic rings. The van der Waals surface area contributed by atoms with Gasteiger partial charge in [0.1, 0.15) is 11.3 Å². The van der Waals surface area contributed by atoms with Gasteiger partial charge in [0.2, 0.25) is 0 Å². The average molecular weight is 288 g/mol. The minimum atomic E-state index is -0.193. The Labute approximate surface area is 116 Å². The Kier molecular flexibility index (Phi) is 4.10. The molecule has 0 aliphatic carbocycles. The second-order valence-corrected chi connectivity index (χ2v) is 5.33. The Morgan fingerprint density at radius 1 is 1.44 bits per heavy atom. The number of imidazole rings is 1. The Bertz CT molecular complexity index is 553. The number of halogens is 2. The van der Waals surface area contributed by atoms with Crippen molar-refractivity contribution in [3.8, 4) is 0 Å². The van der Waals surface area contributed by atoms with E-state index in [1.54, 1.807) is 19.4 Å². The average Bonchev–Trinajstić information content (AvgIpc) is 2.67. The smallest absolute Gasteiger partial charge is 0.160 e. The molecular weight excluding hydrogens is 273 g/mol. The van der Waals surface area contributed by atoms with Crippen molar-refractivity contribution in [3.05, 3.63) is 23.1 Å². The van der Waals surface area contributed by atoms with Gasteiger partial charge in [0.25, 0.3) is 0 Å². The standard InChI is InChI=1S/C12H15Cl2N3O/c1-7(18-3)6-17-11(8(2)13)16-10-4-9(14)5-15-12(10)17/h4-5,7-8H,6H2,1-3H3. The third kappa shape index (κ3) is 2.60. The van der Waals surface area contributed by atoms with Gasteiger partial charge in [0, 0.05) is 13.3 Å². The summed E-state index contributed by atoms with van der Waals surface area (Å²) in [5.74, 6) is 0.783. The molecule has 0 aliphatic heterocycles. The summed E-state index contributed by atoms with van der Waals surface area (Å²) < 4.78 is 7.27. The molecule has 0 saturated carbocycles. The fourth-order valence-electron chi connectivity index (χ4n) is 1.82. The molecular formula is C12H15Cl2N3O. The maximum absolute atomic E-state index is 6.16. The first-order valence-electron chi connectivity index (χ1n) is 5.71. The lowest BCUT2D eigenvalue weighted by Crippen LogP contribution is -2.17. The summed E-state index contributed by atoms with van der Waals surface area (Å²) in [6, 6.07) is 1.79. The molecule has 0 fully saturated rings. The lowest BCUT2D eigenvalue weighted by atomic mass is 10.3. The highest BCUT2D eigenvalue weighted by atomic mass is 35.5. The first-order valence-corrected chi connectivity index (χ1v) is 6.53. The third-order valence-electron chi connectivity index (χ3n) is 2.78. The van der Waals surface area contributed by atoms with Crippen LogP contribution in [0.3, 0.4) is 0 Å². The van der Waals surface area contributed by atoms with E-state index in [4.69, 9.17) is 27.9 Å². The molecule has 0 aromatic carbocycles. The largest absolute Gasteiger partial charge is 0.380 e. The van der Waals surface area contributed by atoms with Gasteiger partial charge in [0.05, 0.1) is 23.0 Å². The predicted octanol–water partition coefficient (Wildman–Crippen LogP) is 3.42. The van der Waals surface area contributed by atoms with Crippen LogP contribution in [0.2, 0.25) is 5.02 Å². The van der Waals surface area contributed by atoms with Crippen LogP contribution in [0.25, 0.3) is 11.2 Å². The van der Waals surface area contributed by atoms with Gasteiger partial charge in [-0.25, -0.2) is 9.97 Å². The minimum absolute atomic E-state index is 0.0639. The van der Waals surface area contributed by atoms with Crippen molar-refractivity contribution in [2.75, 3.05) is 7.11 Å². The van der Waals surface area contributed by atoms with E-state index in [0.717, 1.165) is 17.0 Å². The molecule has 2 aromatic heterocycles. The maximum atomic E-state index is 6.16. The Hall–Kier alpha value is -0.840. The minimum Gasteiger partial charge on any atom is -0.380 e. The van der Waals surface area contributed by atoms with E-state index < -0.39 is 0 Å². The van der Waals surface area contributed by atoms with E-state index in [2.05, 4.69) is 9.97 Å². The van der Waals surface area contributed by atoms with Crippen molar-refractivity contribution in [1.82, 2.24) is 14.5 Å². The molecule has 0 bridgehead atoms. The second kappa shape index (κ2) is 5.43. The second-order valence-electron chi connectivity index (χ2n) is 4.24. The Balaban J connectivity index is 2.55. The third-order valence-corrected chi connectivity index (χ3v) is 3.18. The topological polar surface area (TPSA) is 39.9 Å². The van der Waals surface area contributed by atoms with Gasteiger partial charge in [0.15, 0.2) is 5.65 Å². The van der Waals surface area contributed by atoms with E-state index in [1.807, 2.05) is 18.4 Å². The number of methoxy groups -OCH3 is 1. The molecule has 0 N–H and O–H groups in total. The van der Waals surface area contributed by atoms with Crippen LogP contribution in [0.4, 0.5) is 0 Å². The molecule has 18 heavy (non-hydrogen) atoms. The van der Waals surface area contributed by atoms with E-state index in [1.165, 1.54) is 0 Å². The van der Waals surface area contributed by atoms with Gasteiger partial charge in [-0.2, -0.15) is 0 Å². The molecule has 2 atom stereocenters. The summed E-state index contributed by atoms with van der Waals surface area (Å²) in [6.45, 7) is 4.54. The zero-order valence-electron chi connectivity index (χ0n) is 10.5. The first-order chi connectivity index (χ1) is 8.52. The molecule has 0 amide bonds. The zero-order valence-corrected chi connectivity index (χ0v) is 12.0. The van der Waals surface area contributed by atoms with Crippen LogP contribution in [0.15, 0.2) is 12.3 Å². The molecule has 2 heterocycles. The number of alkyl halides is 1. The molecule has 0 spiro atoms. The number of hydrogen-bond acceptors (Lipinski definition) is 3. The van der Waals surface area contributed by atoms with Crippen molar-refractivity contribution in [2.45, 2.75) is 31.9 Å². The summed E-state index contributed by atoms with van der Waals surface area (Å²) in [5.41, 5.74) is 1.54. The van der Waals surface area contributed by atoms with Crippen molar-refractivity contribution in [1.29, 1.82) is 0 Å². The van der Waals surface area contributed by atoms with Crippen molar-refractivity contribution in [3.63, 3.8) is 0 Å². The van der Waals surface area contributed by atoms with E-state index in [0.29, 0.717) is 11.6 Å². The van der Waals surface area contributed by atoms with Gasteiger partial charge in [-0.15, -0.1) is 11.6 Å². The van der Waals surface area contributed by atoms with Crippen LogP contribution in [-0.4, -0.2) is 27.7 Å². The number of hydrogen-bond donors (Lipinski definition) is 0. The molecule has 6 heteroatoms. The van der Waals surface area contributed by atoms with Gasteiger partial charge >= 0.3 is 0 Å². The summed E-state index contributed by atoms with van der Waals surface area (Å²) in [7, 11) is 1.68.